The highest BCUT2D eigenvalue weighted by molar-refractivity contribution is 9.10. The van der Waals surface area contributed by atoms with Crippen LogP contribution in [0.25, 0.3) is 44.1 Å². The Hall–Kier alpha value is -3.78. The number of fused-ring (bicyclic) bond motifs is 6. The molecule has 6 rings (SSSR count). The summed E-state index contributed by atoms with van der Waals surface area (Å²) < 4.78 is 11.4. The molecule has 0 aliphatic rings. The van der Waals surface area contributed by atoms with Gasteiger partial charge in [-0.1, -0.05) is 0 Å². The van der Waals surface area contributed by atoms with E-state index >= 15 is 0 Å². The number of aromatic nitrogens is 8. The SMILES string of the molecule is COC(=O)c1nn(C)c2c1[nH]c1cc(Br)cnc12.Cn1nc(C(=O)O)c2c1c1ncc(Br)cc1n2C. The summed E-state index contributed by atoms with van der Waals surface area (Å²) in [6.07, 6.45) is 3.40. The normalized spacial score (nSPS) is 11.4. The van der Waals surface area contributed by atoms with E-state index in [9.17, 15) is 14.7 Å². The minimum absolute atomic E-state index is 0.0455. The van der Waals surface area contributed by atoms with E-state index in [2.05, 4.69) is 57.0 Å². The number of aromatic carboxylic acids is 1. The molecule has 0 aliphatic carbocycles. The van der Waals surface area contributed by atoms with Crippen LogP contribution in [-0.2, 0) is 25.9 Å². The molecule has 0 bridgehead atoms. The second-order valence-electron chi connectivity index (χ2n) is 7.92. The molecule has 6 aromatic rings. The van der Waals surface area contributed by atoms with Crippen molar-refractivity contribution in [3.63, 3.8) is 0 Å². The number of hydrogen-bond donors (Lipinski definition) is 2. The van der Waals surface area contributed by atoms with E-state index in [-0.39, 0.29) is 11.4 Å². The molecule has 12 nitrogen and oxygen atoms in total. The van der Waals surface area contributed by atoms with E-state index in [1.165, 1.54) is 7.11 Å². The lowest BCUT2D eigenvalue weighted by atomic mass is 10.3. The highest BCUT2D eigenvalue weighted by Crippen LogP contribution is 2.30. The van der Waals surface area contributed by atoms with E-state index in [1.54, 1.807) is 40.4 Å². The van der Waals surface area contributed by atoms with Crippen LogP contribution >= 0.6 is 31.9 Å². The van der Waals surface area contributed by atoms with Crippen molar-refractivity contribution in [2.24, 2.45) is 21.1 Å². The van der Waals surface area contributed by atoms with Gasteiger partial charge in [0.15, 0.2) is 11.4 Å². The maximum atomic E-state index is 11.6. The number of H-pyrrole nitrogens is 1. The summed E-state index contributed by atoms with van der Waals surface area (Å²) in [4.78, 5) is 34.7. The molecule has 0 aliphatic heterocycles. The first kappa shape index (κ1) is 23.9. The monoisotopic (exact) mass is 616 g/mol. The molecule has 0 atom stereocenters. The van der Waals surface area contributed by atoms with Crippen molar-refractivity contribution in [2.75, 3.05) is 7.11 Å². The van der Waals surface area contributed by atoms with Crippen LogP contribution in [0.2, 0.25) is 0 Å². The van der Waals surface area contributed by atoms with E-state index in [0.717, 1.165) is 42.0 Å². The number of methoxy groups -OCH3 is 1. The number of pyridine rings is 2. The third-order valence-corrected chi connectivity index (χ3v) is 6.61. The number of carbonyl (C=O) groups is 2. The largest absolute Gasteiger partial charge is 0.476 e. The number of halogens is 2. The van der Waals surface area contributed by atoms with Crippen LogP contribution in [0.15, 0.2) is 33.5 Å². The molecule has 0 radical (unpaired) electrons. The summed E-state index contributed by atoms with van der Waals surface area (Å²) in [5.74, 6) is -1.50. The zero-order valence-corrected chi connectivity index (χ0v) is 22.5. The molecule has 0 spiro atoms. The van der Waals surface area contributed by atoms with Crippen molar-refractivity contribution >= 4 is 87.9 Å². The summed E-state index contributed by atoms with van der Waals surface area (Å²) in [5, 5.41) is 17.4. The zero-order chi connectivity index (χ0) is 25.9. The number of hydrogen-bond acceptors (Lipinski definition) is 7. The Bertz CT molecular complexity index is 1850. The Morgan fingerprint density at radius 1 is 0.917 bits per heavy atom. The van der Waals surface area contributed by atoms with Crippen LogP contribution in [-0.4, -0.2) is 63.2 Å². The minimum atomic E-state index is -1.04. The Kier molecular flexibility index (Phi) is 5.79. The van der Waals surface area contributed by atoms with Crippen LogP contribution in [0.4, 0.5) is 0 Å². The second-order valence-corrected chi connectivity index (χ2v) is 9.75. The Balaban J connectivity index is 0.000000148. The molecule has 0 amide bonds. The fourth-order valence-corrected chi connectivity index (χ4v) is 4.89. The van der Waals surface area contributed by atoms with Crippen LogP contribution < -0.4 is 0 Å². The fraction of sp³-hybridized carbons (Fsp3) is 0.182. The van der Waals surface area contributed by atoms with Gasteiger partial charge >= 0.3 is 11.9 Å². The molecule has 6 aromatic heterocycles. The van der Waals surface area contributed by atoms with Gasteiger partial charge in [-0.15, -0.1) is 0 Å². The average Bonchev–Trinajstić information content (AvgIpc) is 3.55. The van der Waals surface area contributed by atoms with Gasteiger partial charge in [0.1, 0.15) is 33.1 Å². The molecule has 0 aromatic carbocycles. The van der Waals surface area contributed by atoms with Crippen LogP contribution in [0.5, 0.6) is 0 Å². The van der Waals surface area contributed by atoms with Gasteiger partial charge < -0.3 is 19.4 Å². The van der Waals surface area contributed by atoms with Crippen molar-refractivity contribution in [3.8, 4) is 0 Å². The number of ether oxygens (including phenoxy) is 1. The predicted octanol–water partition coefficient (Wildman–Crippen LogP) is 3.92. The summed E-state index contributed by atoms with van der Waals surface area (Å²) in [5.41, 5.74) is 6.31. The number of carboxylic acids is 1. The van der Waals surface area contributed by atoms with Crippen LogP contribution in [0.1, 0.15) is 21.0 Å². The molecule has 0 saturated carbocycles. The first-order valence-corrected chi connectivity index (χ1v) is 12.0. The molecular formula is C22H18Br2N8O4. The van der Waals surface area contributed by atoms with Crippen LogP contribution in [0.3, 0.4) is 0 Å². The van der Waals surface area contributed by atoms with Crippen molar-refractivity contribution in [1.29, 1.82) is 0 Å². The molecule has 14 heteroatoms. The van der Waals surface area contributed by atoms with Crippen LogP contribution in [0, 0.1) is 0 Å². The maximum absolute atomic E-state index is 11.6. The lowest BCUT2D eigenvalue weighted by molar-refractivity contribution is 0.0594. The number of rotatable bonds is 2. The lowest BCUT2D eigenvalue weighted by Gasteiger charge is -1.98. The number of esters is 1. The van der Waals surface area contributed by atoms with Gasteiger partial charge in [0.2, 0.25) is 0 Å². The molecule has 0 fully saturated rings. The molecule has 0 unspecified atom stereocenters. The van der Waals surface area contributed by atoms with Gasteiger partial charge in [-0.3, -0.25) is 19.3 Å². The standard InChI is InChI=1S/2C11H9BrN4O2/c1-15-6-3-5(12)4-13-7(6)10-9(15)8(11(17)18)14-16(10)2;1-16-10-7-6(3-5(12)4-13-7)14-8(10)9(15-16)11(17)18-2/h3-4H,1-2H3,(H,17,18);3-4,14H,1-2H3. The minimum Gasteiger partial charge on any atom is -0.476 e. The number of carboxylic acid groups (broad SMARTS) is 1. The van der Waals surface area contributed by atoms with Crippen molar-refractivity contribution in [1.82, 2.24) is 39.1 Å². The van der Waals surface area contributed by atoms with Gasteiger partial charge in [0, 0.05) is 42.5 Å². The first-order valence-electron chi connectivity index (χ1n) is 10.4. The molecule has 184 valence electrons. The quantitative estimate of drug-likeness (QED) is 0.278. The Labute approximate surface area is 219 Å². The van der Waals surface area contributed by atoms with Gasteiger partial charge in [-0.2, -0.15) is 10.2 Å². The van der Waals surface area contributed by atoms with Gasteiger partial charge in [-0.25, -0.2) is 9.59 Å². The smallest absolute Gasteiger partial charge is 0.360 e. The van der Waals surface area contributed by atoms with Crippen molar-refractivity contribution in [2.45, 2.75) is 0 Å². The topological polar surface area (TPSA) is 146 Å². The third-order valence-electron chi connectivity index (χ3n) is 5.74. The zero-order valence-electron chi connectivity index (χ0n) is 19.4. The summed E-state index contributed by atoms with van der Waals surface area (Å²) in [6, 6.07) is 3.82. The Morgan fingerprint density at radius 2 is 1.53 bits per heavy atom. The van der Waals surface area contributed by atoms with Crippen molar-refractivity contribution < 1.29 is 19.4 Å². The average molecular weight is 618 g/mol. The molecule has 6 heterocycles. The predicted molar refractivity (Wildman–Crippen MR) is 139 cm³/mol. The number of aromatic amines is 1. The number of nitrogens with one attached hydrogen (secondary N) is 1. The highest BCUT2D eigenvalue weighted by atomic mass is 79.9. The summed E-state index contributed by atoms with van der Waals surface area (Å²) in [7, 11) is 6.64. The lowest BCUT2D eigenvalue weighted by Crippen LogP contribution is -2.04. The maximum Gasteiger partial charge on any atom is 0.360 e. The van der Waals surface area contributed by atoms with Gasteiger partial charge in [0.05, 0.1) is 18.1 Å². The molecule has 2 N–H and O–H groups in total. The van der Waals surface area contributed by atoms with Gasteiger partial charge in [-0.05, 0) is 44.0 Å². The molecular weight excluding hydrogens is 600 g/mol. The van der Waals surface area contributed by atoms with Crippen molar-refractivity contribution in [3.05, 3.63) is 44.9 Å². The molecule has 36 heavy (non-hydrogen) atoms. The van der Waals surface area contributed by atoms with E-state index < -0.39 is 11.9 Å². The third kappa shape index (κ3) is 3.64. The summed E-state index contributed by atoms with van der Waals surface area (Å²) >= 11 is 6.72. The number of carbonyl (C=O) groups excluding carboxylic acids is 1. The summed E-state index contributed by atoms with van der Waals surface area (Å²) in [6.45, 7) is 0. The fourth-order valence-electron chi connectivity index (χ4n) is 4.24. The number of nitrogens with zero attached hydrogens (tertiary/aromatic N) is 7. The van der Waals surface area contributed by atoms with Gasteiger partial charge in [0.25, 0.3) is 0 Å². The number of aryl methyl sites for hydroxylation is 3. The Morgan fingerprint density at radius 3 is 2.19 bits per heavy atom. The molecule has 0 saturated heterocycles. The van der Waals surface area contributed by atoms with E-state index in [1.807, 2.05) is 19.2 Å². The highest BCUT2D eigenvalue weighted by Gasteiger charge is 2.23. The second kappa shape index (κ2) is 8.71. The first-order chi connectivity index (χ1) is 17.1. The van der Waals surface area contributed by atoms with E-state index in [4.69, 9.17) is 4.74 Å². The van der Waals surface area contributed by atoms with E-state index in [0.29, 0.717) is 11.0 Å².